The van der Waals surface area contributed by atoms with Gasteiger partial charge in [-0.25, -0.2) is 24.5 Å². The summed E-state index contributed by atoms with van der Waals surface area (Å²) in [6.45, 7) is 5.20. The Balaban J connectivity index is 0.000000276. The summed E-state index contributed by atoms with van der Waals surface area (Å²) in [7, 11) is 0. The van der Waals surface area contributed by atoms with Crippen LogP contribution in [0.25, 0.3) is 11.3 Å². The lowest BCUT2D eigenvalue weighted by molar-refractivity contribution is -0.193. The maximum atomic E-state index is 10.6. The van der Waals surface area contributed by atoms with Crippen LogP contribution < -0.4 is 4.90 Å². The number of imidazole rings is 1. The molecule has 41 heavy (non-hydrogen) atoms. The molecule has 1 spiro atoms. The van der Waals surface area contributed by atoms with Crippen molar-refractivity contribution in [3.63, 3.8) is 0 Å². The van der Waals surface area contributed by atoms with E-state index in [0.717, 1.165) is 44.8 Å². The molecular formula is C26H27F6N5O4. The van der Waals surface area contributed by atoms with Crippen molar-refractivity contribution in [1.29, 1.82) is 0 Å². The zero-order chi connectivity index (χ0) is 30.4. The van der Waals surface area contributed by atoms with Gasteiger partial charge in [-0.15, -0.1) is 0 Å². The highest BCUT2D eigenvalue weighted by Gasteiger charge is 2.44. The molecule has 0 bridgehead atoms. The van der Waals surface area contributed by atoms with Gasteiger partial charge >= 0.3 is 24.3 Å². The number of aliphatic carboxylic acids is 2. The lowest BCUT2D eigenvalue weighted by Gasteiger charge is -2.38. The molecule has 2 N–H and O–H groups in total. The minimum atomic E-state index is -5.08. The smallest absolute Gasteiger partial charge is 0.475 e. The Labute approximate surface area is 230 Å². The molecule has 1 aromatic carbocycles. The number of alkyl halides is 6. The summed E-state index contributed by atoms with van der Waals surface area (Å²) in [5, 5.41) is 14.2. The monoisotopic (exact) mass is 587 g/mol. The number of nitrogens with zero attached hydrogens (tertiary/aromatic N) is 5. The summed E-state index contributed by atoms with van der Waals surface area (Å²) in [6.07, 6.45) is 0.232. The third kappa shape index (κ3) is 7.73. The summed E-state index contributed by atoms with van der Waals surface area (Å²) in [4.78, 5) is 34.1. The molecule has 2 aromatic heterocycles. The number of halogens is 6. The molecule has 0 atom stereocenters. The molecule has 0 radical (unpaired) electrons. The molecule has 2 aliphatic rings. The standard InChI is InChI=1S/C22H25N5.2C2HF3O2/c1-2-17-14-24-21(25-15-17)26-11-8-22(9-12-26)10-13-27-19(16-23-20(22)27)18-6-4-3-5-7-18;2*3-2(4,5)1(6)7/h3-7,14-16H,2,8-13H2,1H3;2*(H,6,7). The van der Waals surface area contributed by atoms with Crippen molar-refractivity contribution in [3.05, 3.63) is 60.3 Å². The number of anilines is 1. The lowest BCUT2D eigenvalue weighted by Crippen LogP contribution is -2.42. The van der Waals surface area contributed by atoms with Crippen molar-refractivity contribution in [2.24, 2.45) is 0 Å². The number of benzene rings is 1. The van der Waals surface area contributed by atoms with Gasteiger partial charge in [0.25, 0.3) is 0 Å². The van der Waals surface area contributed by atoms with E-state index in [0.29, 0.717) is 0 Å². The second-order valence-corrected chi connectivity index (χ2v) is 9.35. The highest BCUT2D eigenvalue weighted by molar-refractivity contribution is 5.73. The number of rotatable bonds is 3. The number of piperidine rings is 1. The Bertz CT molecular complexity index is 1290. The highest BCUT2D eigenvalue weighted by Crippen LogP contribution is 2.44. The van der Waals surface area contributed by atoms with Crippen molar-refractivity contribution in [3.8, 4) is 11.3 Å². The average Bonchev–Trinajstić information content (AvgIpc) is 3.51. The molecule has 1 fully saturated rings. The van der Waals surface area contributed by atoms with Gasteiger partial charge in [-0.3, -0.25) is 0 Å². The van der Waals surface area contributed by atoms with Crippen LogP contribution in [0, 0.1) is 0 Å². The molecule has 3 aromatic rings. The highest BCUT2D eigenvalue weighted by atomic mass is 19.4. The fourth-order valence-corrected chi connectivity index (χ4v) is 4.60. The van der Waals surface area contributed by atoms with Crippen LogP contribution in [0.2, 0.25) is 0 Å². The predicted octanol–water partition coefficient (Wildman–Crippen LogP) is 5.11. The number of carboxylic acid groups (broad SMARTS) is 2. The first-order valence-electron chi connectivity index (χ1n) is 12.5. The number of carboxylic acids is 2. The number of aromatic nitrogens is 4. The minimum absolute atomic E-state index is 0.215. The number of carbonyl (C=O) groups is 2. The fraction of sp³-hybridized carbons (Fsp3) is 0.423. The van der Waals surface area contributed by atoms with Crippen LogP contribution in [0.4, 0.5) is 32.3 Å². The van der Waals surface area contributed by atoms with Gasteiger partial charge in [-0.05, 0) is 36.8 Å². The number of hydrogen-bond donors (Lipinski definition) is 2. The first kappa shape index (κ1) is 31.4. The van der Waals surface area contributed by atoms with Gasteiger partial charge in [0.1, 0.15) is 5.82 Å². The predicted molar refractivity (Wildman–Crippen MR) is 134 cm³/mol. The van der Waals surface area contributed by atoms with Crippen molar-refractivity contribution in [1.82, 2.24) is 19.5 Å². The quantitative estimate of drug-likeness (QED) is 0.406. The van der Waals surface area contributed by atoms with Crippen LogP contribution in [-0.2, 0) is 28.0 Å². The third-order valence-corrected chi connectivity index (χ3v) is 6.80. The summed E-state index contributed by atoms with van der Waals surface area (Å²) in [6, 6.07) is 10.6. The minimum Gasteiger partial charge on any atom is -0.475 e. The van der Waals surface area contributed by atoms with Gasteiger partial charge < -0.3 is 19.7 Å². The van der Waals surface area contributed by atoms with Gasteiger partial charge in [-0.2, -0.15) is 26.3 Å². The van der Waals surface area contributed by atoms with E-state index < -0.39 is 24.3 Å². The molecule has 5 rings (SSSR count). The van der Waals surface area contributed by atoms with E-state index in [1.165, 1.54) is 29.1 Å². The largest absolute Gasteiger partial charge is 0.490 e. The zero-order valence-corrected chi connectivity index (χ0v) is 21.8. The Morgan fingerprint density at radius 1 is 0.829 bits per heavy atom. The molecule has 4 heterocycles. The van der Waals surface area contributed by atoms with E-state index in [1.807, 2.05) is 12.4 Å². The lowest BCUT2D eigenvalue weighted by atomic mass is 9.77. The first-order valence-corrected chi connectivity index (χ1v) is 12.5. The van der Waals surface area contributed by atoms with Gasteiger partial charge in [0.2, 0.25) is 5.95 Å². The van der Waals surface area contributed by atoms with Crippen molar-refractivity contribution < 1.29 is 46.1 Å². The molecular weight excluding hydrogens is 560 g/mol. The second kappa shape index (κ2) is 12.6. The van der Waals surface area contributed by atoms with Crippen LogP contribution in [0.3, 0.4) is 0 Å². The maximum absolute atomic E-state index is 10.6. The Kier molecular flexibility index (Phi) is 9.61. The van der Waals surface area contributed by atoms with Gasteiger partial charge in [0.05, 0.1) is 11.9 Å². The van der Waals surface area contributed by atoms with Gasteiger partial charge in [-0.1, -0.05) is 37.3 Å². The average molecular weight is 588 g/mol. The topological polar surface area (TPSA) is 121 Å². The first-order chi connectivity index (χ1) is 19.2. The summed E-state index contributed by atoms with van der Waals surface area (Å²) in [5.41, 5.74) is 3.92. The second-order valence-electron chi connectivity index (χ2n) is 9.35. The summed E-state index contributed by atoms with van der Waals surface area (Å²) < 4.78 is 65.9. The summed E-state index contributed by atoms with van der Waals surface area (Å²) in [5.74, 6) is -3.36. The van der Waals surface area contributed by atoms with Crippen LogP contribution >= 0.6 is 0 Å². The molecule has 1 saturated heterocycles. The molecule has 9 nitrogen and oxygen atoms in total. The van der Waals surface area contributed by atoms with Crippen LogP contribution in [0.5, 0.6) is 0 Å². The third-order valence-electron chi connectivity index (χ3n) is 6.80. The molecule has 0 amide bonds. The summed E-state index contributed by atoms with van der Waals surface area (Å²) >= 11 is 0. The van der Waals surface area contributed by atoms with Crippen LogP contribution in [-0.4, -0.2) is 67.1 Å². The maximum Gasteiger partial charge on any atom is 0.490 e. The zero-order valence-electron chi connectivity index (χ0n) is 21.8. The van der Waals surface area contributed by atoms with Gasteiger partial charge in [0.15, 0.2) is 0 Å². The van der Waals surface area contributed by atoms with E-state index in [4.69, 9.17) is 24.8 Å². The van der Waals surface area contributed by atoms with E-state index >= 15 is 0 Å². The van der Waals surface area contributed by atoms with Gasteiger partial charge in [0, 0.05) is 37.4 Å². The number of hydrogen-bond acceptors (Lipinski definition) is 6. The molecule has 15 heteroatoms. The number of fused-ring (bicyclic) bond motifs is 2. The SMILES string of the molecule is CCc1cnc(N2CCC3(CC2)CCn2c(-c4ccccc4)cnc23)nc1.O=C(O)C(F)(F)F.O=C(O)C(F)(F)F. The molecule has 0 unspecified atom stereocenters. The molecule has 0 saturated carbocycles. The van der Waals surface area contributed by atoms with Crippen LogP contribution in [0.15, 0.2) is 48.9 Å². The normalized spacial score (nSPS) is 15.7. The molecule has 2 aliphatic heterocycles. The fourth-order valence-electron chi connectivity index (χ4n) is 4.60. The van der Waals surface area contributed by atoms with E-state index in [-0.39, 0.29) is 5.41 Å². The van der Waals surface area contributed by atoms with Crippen molar-refractivity contribution in [2.45, 2.75) is 56.9 Å². The molecule has 0 aliphatic carbocycles. The van der Waals surface area contributed by atoms with E-state index in [1.54, 1.807) is 0 Å². The van der Waals surface area contributed by atoms with E-state index in [2.05, 4.69) is 62.9 Å². The van der Waals surface area contributed by atoms with E-state index in [9.17, 15) is 26.3 Å². The molecule has 222 valence electrons. The van der Waals surface area contributed by atoms with Crippen LogP contribution in [0.1, 0.15) is 37.6 Å². The van der Waals surface area contributed by atoms with Crippen molar-refractivity contribution in [2.75, 3.05) is 18.0 Å². The Morgan fingerprint density at radius 2 is 1.32 bits per heavy atom. The Hall–Kier alpha value is -4.17. The Morgan fingerprint density at radius 3 is 1.78 bits per heavy atom. The van der Waals surface area contributed by atoms with Crippen molar-refractivity contribution >= 4 is 17.9 Å². The number of aryl methyl sites for hydroxylation is 1.